The van der Waals surface area contributed by atoms with Crippen molar-refractivity contribution in [2.24, 2.45) is 0 Å². The fourth-order valence-corrected chi connectivity index (χ4v) is 1.65. The van der Waals surface area contributed by atoms with Crippen molar-refractivity contribution in [2.75, 3.05) is 13.7 Å². The molecular formula is C12H15ClN2O4. The van der Waals surface area contributed by atoms with E-state index in [1.54, 1.807) is 18.2 Å². The lowest BCUT2D eigenvalue weighted by Gasteiger charge is -2.11. The number of amides is 2. The number of hydrogen-bond acceptors (Lipinski definition) is 3. The van der Waals surface area contributed by atoms with Crippen LogP contribution in [-0.4, -0.2) is 30.8 Å². The van der Waals surface area contributed by atoms with Gasteiger partial charge in [-0.25, -0.2) is 4.79 Å². The summed E-state index contributed by atoms with van der Waals surface area (Å²) in [6.45, 7) is 0.266. The average Bonchev–Trinajstić information content (AvgIpc) is 2.36. The Hall–Kier alpha value is -1.95. The lowest BCUT2D eigenvalue weighted by atomic mass is 10.2. The van der Waals surface area contributed by atoms with Crippen LogP contribution >= 0.6 is 11.6 Å². The number of halogens is 1. The van der Waals surface area contributed by atoms with Crippen LogP contribution in [0.5, 0.6) is 5.75 Å². The summed E-state index contributed by atoms with van der Waals surface area (Å²) >= 11 is 6.01. The van der Waals surface area contributed by atoms with Crippen molar-refractivity contribution in [1.82, 2.24) is 10.6 Å². The van der Waals surface area contributed by atoms with Gasteiger partial charge in [0.2, 0.25) is 0 Å². The number of carbonyl (C=O) groups excluding carboxylic acids is 1. The summed E-state index contributed by atoms with van der Waals surface area (Å²) in [5.41, 5.74) is 0.667. The molecule has 0 unspecified atom stereocenters. The fourth-order valence-electron chi connectivity index (χ4n) is 1.42. The number of urea groups is 1. The zero-order valence-corrected chi connectivity index (χ0v) is 11.2. The molecule has 6 nitrogen and oxygen atoms in total. The molecule has 104 valence electrons. The average molecular weight is 287 g/mol. The van der Waals surface area contributed by atoms with Crippen molar-refractivity contribution in [3.8, 4) is 5.75 Å². The number of ether oxygens (including phenoxy) is 1. The van der Waals surface area contributed by atoms with Crippen LogP contribution in [0.15, 0.2) is 18.2 Å². The predicted octanol–water partition coefficient (Wildman–Crippen LogP) is 1.62. The molecule has 2 amide bonds. The number of carbonyl (C=O) groups is 2. The van der Waals surface area contributed by atoms with Gasteiger partial charge in [-0.2, -0.15) is 0 Å². The second-order valence-corrected chi connectivity index (χ2v) is 4.08. The van der Waals surface area contributed by atoms with Gasteiger partial charge in [0, 0.05) is 23.7 Å². The molecule has 0 aliphatic rings. The third kappa shape index (κ3) is 5.05. The van der Waals surface area contributed by atoms with Gasteiger partial charge >= 0.3 is 12.0 Å². The topological polar surface area (TPSA) is 87.7 Å². The summed E-state index contributed by atoms with van der Waals surface area (Å²) in [5, 5.41) is 13.9. The van der Waals surface area contributed by atoms with Crippen LogP contribution in [0.3, 0.4) is 0 Å². The molecule has 0 atom stereocenters. The Labute approximate surface area is 115 Å². The first-order valence-corrected chi connectivity index (χ1v) is 5.97. The minimum Gasteiger partial charge on any atom is -0.496 e. The van der Waals surface area contributed by atoms with Crippen molar-refractivity contribution in [3.63, 3.8) is 0 Å². The molecule has 7 heteroatoms. The number of hydrogen-bond donors (Lipinski definition) is 3. The fraction of sp³-hybridized carbons (Fsp3) is 0.333. The summed E-state index contributed by atoms with van der Waals surface area (Å²) in [6, 6.07) is 4.73. The number of aliphatic carboxylic acids is 1. The molecule has 0 radical (unpaired) electrons. The molecule has 0 aliphatic heterocycles. The highest BCUT2D eigenvalue weighted by Gasteiger charge is 2.09. The van der Waals surface area contributed by atoms with Crippen molar-refractivity contribution < 1.29 is 19.4 Å². The van der Waals surface area contributed by atoms with Gasteiger partial charge in [-0.1, -0.05) is 17.7 Å². The highest BCUT2D eigenvalue weighted by molar-refractivity contribution is 6.31. The van der Waals surface area contributed by atoms with Crippen LogP contribution in [0.25, 0.3) is 0 Å². The Morgan fingerprint density at radius 2 is 2.11 bits per heavy atom. The van der Waals surface area contributed by atoms with Crippen LogP contribution in [0.4, 0.5) is 4.79 Å². The Morgan fingerprint density at radius 3 is 2.74 bits per heavy atom. The summed E-state index contributed by atoms with van der Waals surface area (Å²) in [6.07, 6.45) is -0.122. The number of benzene rings is 1. The molecule has 0 aliphatic carbocycles. The molecular weight excluding hydrogens is 272 g/mol. The van der Waals surface area contributed by atoms with Crippen LogP contribution in [0.1, 0.15) is 12.0 Å². The van der Waals surface area contributed by atoms with Crippen molar-refractivity contribution in [1.29, 1.82) is 0 Å². The minimum absolute atomic E-state index is 0.0703. The molecule has 0 saturated heterocycles. The van der Waals surface area contributed by atoms with Gasteiger partial charge in [0.25, 0.3) is 0 Å². The highest BCUT2D eigenvalue weighted by atomic mass is 35.5. The van der Waals surface area contributed by atoms with E-state index in [4.69, 9.17) is 21.4 Å². The molecule has 1 aromatic rings. The highest BCUT2D eigenvalue weighted by Crippen LogP contribution is 2.25. The molecule has 0 spiro atoms. The smallest absolute Gasteiger partial charge is 0.315 e. The first kappa shape index (κ1) is 15.1. The van der Waals surface area contributed by atoms with E-state index in [1.807, 2.05) is 0 Å². The minimum atomic E-state index is -0.965. The molecule has 0 saturated carbocycles. The number of rotatable bonds is 6. The van der Waals surface area contributed by atoms with E-state index in [2.05, 4.69) is 10.6 Å². The van der Waals surface area contributed by atoms with E-state index in [0.29, 0.717) is 16.3 Å². The van der Waals surface area contributed by atoms with E-state index >= 15 is 0 Å². The van der Waals surface area contributed by atoms with E-state index in [1.165, 1.54) is 7.11 Å². The molecule has 1 rings (SSSR count). The summed E-state index contributed by atoms with van der Waals surface area (Å²) in [7, 11) is 1.52. The molecule has 19 heavy (non-hydrogen) atoms. The number of methoxy groups -OCH3 is 1. The Balaban J connectivity index is 2.48. The van der Waals surface area contributed by atoms with Crippen molar-refractivity contribution >= 4 is 23.6 Å². The van der Waals surface area contributed by atoms with E-state index in [9.17, 15) is 9.59 Å². The normalized spacial score (nSPS) is 9.79. The first-order chi connectivity index (χ1) is 9.04. The third-order valence-corrected chi connectivity index (χ3v) is 2.70. The molecule has 0 heterocycles. The van der Waals surface area contributed by atoms with Crippen LogP contribution in [-0.2, 0) is 11.3 Å². The van der Waals surface area contributed by atoms with Crippen LogP contribution in [0, 0.1) is 0 Å². The van der Waals surface area contributed by atoms with Gasteiger partial charge in [0.05, 0.1) is 13.5 Å². The third-order valence-electron chi connectivity index (χ3n) is 2.35. The molecule has 0 aromatic heterocycles. The maximum absolute atomic E-state index is 11.4. The van der Waals surface area contributed by atoms with Crippen molar-refractivity contribution in [3.05, 3.63) is 28.8 Å². The molecule has 0 fully saturated rings. The molecule has 0 bridgehead atoms. The van der Waals surface area contributed by atoms with Gasteiger partial charge < -0.3 is 20.5 Å². The van der Waals surface area contributed by atoms with Gasteiger partial charge in [0.15, 0.2) is 0 Å². The van der Waals surface area contributed by atoms with Gasteiger partial charge in [-0.3, -0.25) is 4.79 Å². The monoisotopic (exact) mass is 286 g/mol. The standard InChI is InChI=1S/C12H15ClN2O4/c1-19-10-4-2-3-9(13)8(10)7-15-12(18)14-6-5-11(16)17/h2-4H,5-7H2,1H3,(H,16,17)(H2,14,15,18). The van der Waals surface area contributed by atoms with Crippen molar-refractivity contribution in [2.45, 2.75) is 13.0 Å². The Morgan fingerprint density at radius 1 is 1.37 bits per heavy atom. The maximum atomic E-state index is 11.4. The Kier molecular flexibility index (Phi) is 5.95. The van der Waals surface area contributed by atoms with E-state index in [-0.39, 0.29) is 19.5 Å². The summed E-state index contributed by atoms with van der Waals surface area (Å²) in [4.78, 5) is 21.7. The zero-order valence-electron chi connectivity index (χ0n) is 10.4. The summed E-state index contributed by atoms with van der Waals surface area (Å²) in [5.74, 6) is -0.383. The lowest BCUT2D eigenvalue weighted by molar-refractivity contribution is -0.136. The molecule has 1 aromatic carbocycles. The molecule has 3 N–H and O–H groups in total. The van der Waals surface area contributed by atoms with Gasteiger partial charge in [-0.05, 0) is 12.1 Å². The maximum Gasteiger partial charge on any atom is 0.315 e. The van der Waals surface area contributed by atoms with Crippen LogP contribution < -0.4 is 15.4 Å². The number of carboxylic acids is 1. The first-order valence-electron chi connectivity index (χ1n) is 5.59. The zero-order chi connectivity index (χ0) is 14.3. The Bertz CT molecular complexity index is 465. The van der Waals surface area contributed by atoms with Gasteiger partial charge in [-0.15, -0.1) is 0 Å². The second kappa shape index (κ2) is 7.48. The largest absolute Gasteiger partial charge is 0.496 e. The van der Waals surface area contributed by atoms with E-state index < -0.39 is 12.0 Å². The van der Waals surface area contributed by atoms with Crippen LogP contribution in [0.2, 0.25) is 5.02 Å². The number of carboxylic acid groups (broad SMARTS) is 1. The van der Waals surface area contributed by atoms with Gasteiger partial charge in [0.1, 0.15) is 5.75 Å². The number of nitrogens with one attached hydrogen (secondary N) is 2. The summed E-state index contributed by atoms with van der Waals surface area (Å²) < 4.78 is 5.14. The van der Waals surface area contributed by atoms with E-state index in [0.717, 1.165) is 0 Å². The predicted molar refractivity (Wildman–Crippen MR) is 70.5 cm³/mol. The quantitative estimate of drug-likeness (QED) is 0.741. The second-order valence-electron chi connectivity index (χ2n) is 3.67. The lowest BCUT2D eigenvalue weighted by Crippen LogP contribution is -2.36. The SMILES string of the molecule is COc1cccc(Cl)c1CNC(=O)NCCC(=O)O.